The monoisotopic (exact) mass is 209 g/mol. The third-order valence-corrected chi connectivity index (χ3v) is 4.00. The Labute approximate surface area is 93.1 Å². The number of hydrogen-bond acceptors (Lipinski definition) is 1. The Hall–Kier alpha value is -0.790. The van der Waals surface area contributed by atoms with E-state index >= 15 is 0 Å². The van der Waals surface area contributed by atoms with Crippen LogP contribution in [-0.4, -0.2) is 11.4 Å². The van der Waals surface area contributed by atoms with Crippen LogP contribution in [0.1, 0.15) is 53.4 Å². The van der Waals surface area contributed by atoms with Crippen molar-refractivity contribution >= 4 is 5.91 Å². The molecule has 1 aliphatic carbocycles. The fraction of sp³-hybridized carbons (Fsp3) is 0.769. The third kappa shape index (κ3) is 2.42. The summed E-state index contributed by atoms with van der Waals surface area (Å²) in [5, 5.41) is 3.15. The quantitative estimate of drug-likeness (QED) is 0.696. The van der Waals surface area contributed by atoms with Gasteiger partial charge in [0.2, 0.25) is 5.91 Å². The van der Waals surface area contributed by atoms with E-state index in [-0.39, 0.29) is 16.9 Å². The number of rotatable bonds is 2. The zero-order valence-corrected chi connectivity index (χ0v) is 10.4. The van der Waals surface area contributed by atoms with E-state index in [9.17, 15) is 4.79 Å². The lowest BCUT2D eigenvalue weighted by atomic mass is 9.64. The first-order valence-corrected chi connectivity index (χ1v) is 5.76. The van der Waals surface area contributed by atoms with E-state index in [2.05, 4.69) is 32.7 Å². The average Bonchev–Trinajstić information content (AvgIpc) is 2.10. The molecule has 1 fully saturated rings. The van der Waals surface area contributed by atoms with Crippen LogP contribution in [0.4, 0.5) is 0 Å². The van der Waals surface area contributed by atoms with E-state index in [4.69, 9.17) is 0 Å². The maximum atomic E-state index is 11.7. The van der Waals surface area contributed by atoms with Gasteiger partial charge < -0.3 is 5.32 Å². The fourth-order valence-electron chi connectivity index (χ4n) is 2.25. The third-order valence-electron chi connectivity index (χ3n) is 4.00. The second kappa shape index (κ2) is 3.99. The van der Waals surface area contributed by atoms with E-state index in [1.807, 2.05) is 0 Å². The number of carbonyl (C=O) groups is 1. The van der Waals surface area contributed by atoms with Crippen LogP contribution in [0.3, 0.4) is 0 Å². The summed E-state index contributed by atoms with van der Waals surface area (Å²) in [6, 6.07) is 0. The Morgan fingerprint density at radius 1 is 1.20 bits per heavy atom. The summed E-state index contributed by atoms with van der Waals surface area (Å²) in [7, 11) is 0. The highest BCUT2D eigenvalue weighted by atomic mass is 16.1. The van der Waals surface area contributed by atoms with E-state index in [0.29, 0.717) is 5.57 Å². The topological polar surface area (TPSA) is 29.1 Å². The molecule has 1 unspecified atom stereocenters. The van der Waals surface area contributed by atoms with Gasteiger partial charge in [-0.25, -0.2) is 0 Å². The molecule has 0 radical (unpaired) electrons. The Morgan fingerprint density at radius 2 is 1.73 bits per heavy atom. The first-order valence-electron chi connectivity index (χ1n) is 5.76. The summed E-state index contributed by atoms with van der Waals surface area (Å²) in [6.45, 7) is 12.1. The van der Waals surface area contributed by atoms with Crippen molar-refractivity contribution in [1.82, 2.24) is 5.32 Å². The van der Waals surface area contributed by atoms with Gasteiger partial charge in [0.1, 0.15) is 0 Å². The molecule has 0 aromatic heterocycles. The minimum Gasteiger partial charge on any atom is -0.347 e. The summed E-state index contributed by atoms with van der Waals surface area (Å²) < 4.78 is 0. The largest absolute Gasteiger partial charge is 0.347 e. The second-order valence-corrected chi connectivity index (χ2v) is 5.66. The molecular formula is C13H23NO. The molecular weight excluding hydrogens is 186 g/mol. The molecule has 2 heteroatoms. The van der Waals surface area contributed by atoms with Crippen LogP contribution in [0.2, 0.25) is 0 Å². The highest BCUT2D eigenvalue weighted by molar-refractivity contribution is 5.92. The van der Waals surface area contributed by atoms with Crippen LogP contribution in [-0.2, 0) is 4.79 Å². The van der Waals surface area contributed by atoms with Gasteiger partial charge in [-0.05, 0) is 32.1 Å². The molecule has 0 aromatic rings. The van der Waals surface area contributed by atoms with E-state index in [1.165, 1.54) is 19.3 Å². The molecule has 2 nitrogen and oxygen atoms in total. The lowest BCUT2D eigenvalue weighted by molar-refractivity contribution is -0.121. The molecule has 86 valence electrons. The van der Waals surface area contributed by atoms with Crippen molar-refractivity contribution in [1.29, 1.82) is 0 Å². The molecule has 0 heterocycles. The van der Waals surface area contributed by atoms with Gasteiger partial charge in [-0.1, -0.05) is 33.3 Å². The predicted octanol–water partition coefficient (Wildman–Crippen LogP) is 3.04. The fourth-order valence-corrected chi connectivity index (χ4v) is 2.25. The maximum absolute atomic E-state index is 11.7. The van der Waals surface area contributed by atoms with Gasteiger partial charge in [-0.15, -0.1) is 0 Å². The molecule has 0 saturated heterocycles. The molecule has 1 saturated carbocycles. The Kier molecular flexibility index (Phi) is 3.27. The van der Waals surface area contributed by atoms with Gasteiger partial charge in [0.15, 0.2) is 0 Å². The van der Waals surface area contributed by atoms with Gasteiger partial charge in [-0.3, -0.25) is 4.79 Å². The van der Waals surface area contributed by atoms with Gasteiger partial charge in [-0.2, -0.15) is 0 Å². The highest BCUT2D eigenvalue weighted by Gasteiger charge is 2.43. The van der Waals surface area contributed by atoms with Crippen molar-refractivity contribution in [2.45, 2.75) is 58.9 Å². The van der Waals surface area contributed by atoms with Crippen molar-refractivity contribution in [2.24, 2.45) is 5.41 Å². The van der Waals surface area contributed by atoms with Crippen LogP contribution in [0.15, 0.2) is 12.2 Å². The smallest absolute Gasteiger partial charge is 0.246 e. The molecule has 1 atom stereocenters. The SMILES string of the molecule is C=C(C)C(=O)NC1(C)CCCCC1(C)C. The Balaban J connectivity index is 2.79. The van der Waals surface area contributed by atoms with Gasteiger partial charge >= 0.3 is 0 Å². The summed E-state index contributed by atoms with van der Waals surface area (Å²) in [6.07, 6.45) is 4.72. The molecule has 0 spiro atoms. The minimum atomic E-state index is -0.0821. The van der Waals surface area contributed by atoms with Crippen LogP contribution < -0.4 is 5.32 Å². The second-order valence-electron chi connectivity index (χ2n) is 5.66. The zero-order valence-electron chi connectivity index (χ0n) is 10.4. The zero-order chi connectivity index (χ0) is 11.7. The molecule has 1 aliphatic rings. The summed E-state index contributed by atoms with van der Waals surface area (Å²) >= 11 is 0. The Morgan fingerprint density at radius 3 is 2.20 bits per heavy atom. The molecule has 0 aromatic carbocycles. The molecule has 1 amide bonds. The Bertz CT molecular complexity index is 280. The normalized spacial score (nSPS) is 29.6. The minimum absolute atomic E-state index is 0.00697. The summed E-state index contributed by atoms with van der Waals surface area (Å²) in [4.78, 5) is 11.7. The predicted molar refractivity (Wildman–Crippen MR) is 63.6 cm³/mol. The van der Waals surface area contributed by atoms with E-state index < -0.39 is 0 Å². The molecule has 0 aliphatic heterocycles. The number of hydrogen-bond donors (Lipinski definition) is 1. The van der Waals surface area contributed by atoms with Crippen molar-refractivity contribution in [3.63, 3.8) is 0 Å². The first-order chi connectivity index (χ1) is 6.78. The molecule has 0 bridgehead atoms. The van der Waals surface area contributed by atoms with Crippen molar-refractivity contribution in [3.05, 3.63) is 12.2 Å². The molecule has 1 rings (SSSR count). The van der Waals surface area contributed by atoms with E-state index in [1.54, 1.807) is 6.92 Å². The maximum Gasteiger partial charge on any atom is 0.246 e. The first kappa shape index (κ1) is 12.3. The highest BCUT2D eigenvalue weighted by Crippen LogP contribution is 2.43. The van der Waals surface area contributed by atoms with Crippen LogP contribution in [0.25, 0.3) is 0 Å². The van der Waals surface area contributed by atoms with Gasteiger partial charge in [0.05, 0.1) is 0 Å². The van der Waals surface area contributed by atoms with Crippen molar-refractivity contribution < 1.29 is 4.79 Å². The number of nitrogens with one attached hydrogen (secondary N) is 1. The van der Waals surface area contributed by atoms with E-state index in [0.717, 1.165) is 6.42 Å². The van der Waals surface area contributed by atoms with Gasteiger partial charge in [0, 0.05) is 11.1 Å². The van der Waals surface area contributed by atoms with Crippen LogP contribution in [0, 0.1) is 5.41 Å². The summed E-state index contributed by atoms with van der Waals surface area (Å²) in [5.74, 6) is -0.00697. The molecule has 1 N–H and O–H groups in total. The summed E-state index contributed by atoms with van der Waals surface area (Å²) in [5.41, 5.74) is 0.690. The standard InChI is InChI=1S/C13H23NO/c1-10(2)11(15)14-13(5)9-7-6-8-12(13,3)4/h1,6-9H2,2-5H3,(H,14,15). The van der Waals surface area contributed by atoms with Crippen molar-refractivity contribution in [2.75, 3.05) is 0 Å². The van der Waals surface area contributed by atoms with Gasteiger partial charge in [0.25, 0.3) is 0 Å². The lowest BCUT2D eigenvalue weighted by Crippen LogP contribution is -2.57. The average molecular weight is 209 g/mol. The number of amides is 1. The van der Waals surface area contributed by atoms with Crippen LogP contribution in [0.5, 0.6) is 0 Å². The lowest BCUT2D eigenvalue weighted by Gasteiger charge is -2.48. The number of carbonyl (C=O) groups excluding carboxylic acids is 1. The van der Waals surface area contributed by atoms with Crippen molar-refractivity contribution in [3.8, 4) is 0 Å². The molecule has 15 heavy (non-hydrogen) atoms. The van der Waals surface area contributed by atoms with Crippen LogP contribution >= 0.6 is 0 Å².